The Morgan fingerprint density at radius 3 is 1.56 bits per heavy atom. The number of benzene rings is 9. The number of hydrogen-bond donors (Lipinski definition) is 0. The molecule has 9 aromatic carbocycles. The minimum Gasteiger partial charge on any atom is -0.456 e. The number of rotatable bonds is 5. The molecule has 2 heterocycles. The first kappa shape index (κ1) is 34.6. The lowest BCUT2D eigenvalue weighted by Crippen LogP contribution is -2.25. The highest BCUT2D eigenvalue weighted by atomic mass is 16.3. The third kappa shape index (κ3) is 4.98. The highest BCUT2D eigenvalue weighted by Crippen LogP contribution is 2.64. The Bertz CT molecular complexity index is 3560. The van der Waals surface area contributed by atoms with Crippen LogP contribution in [0.3, 0.4) is 0 Å². The fraction of sp³-hybridized carbons (Fsp3) is 0.0172. The van der Waals surface area contributed by atoms with E-state index in [1.165, 1.54) is 44.5 Å². The minimum absolute atomic E-state index is 0.439. The second kappa shape index (κ2) is 13.4. The molecule has 0 atom stereocenters. The predicted octanol–water partition coefficient (Wildman–Crippen LogP) is 14.4. The van der Waals surface area contributed by atoms with Gasteiger partial charge in [-0.1, -0.05) is 188 Å². The molecule has 0 saturated heterocycles. The summed E-state index contributed by atoms with van der Waals surface area (Å²) in [5.41, 5.74) is 18.8. The van der Waals surface area contributed by atoms with Gasteiger partial charge in [0.1, 0.15) is 11.2 Å². The highest BCUT2D eigenvalue weighted by molar-refractivity contribution is 6.06. The van der Waals surface area contributed by atoms with Gasteiger partial charge in [0.2, 0.25) is 0 Å². The number of nitrogens with zero attached hydrogens (tertiary/aromatic N) is 3. The summed E-state index contributed by atoms with van der Waals surface area (Å²) < 4.78 is 6.16. The molecule has 11 aromatic rings. The molecule has 0 fully saturated rings. The van der Waals surface area contributed by atoms with Crippen molar-refractivity contribution in [3.63, 3.8) is 0 Å². The summed E-state index contributed by atoms with van der Waals surface area (Å²) >= 11 is 0. The van der Waals surface area contributed by atoms with Crippen LogP contribution in [0, 0.1) is 0 Å². The Kier molecular flexibility index (Phi) is 7.49. The molecule has 0 saturated carbocycles. The van der Waals surface area contributed by atoms with Crippen LogP contribution in [0.2, 0.25) is 0 Å². The predicted molar refractivity (Wildman–Crippen MR) is 251 cm³/mol. The van der Waals surface area contributed by atoms with E-state index < -0.39 is 5.41 Å². The van der Waals surface area contributed by atoms with E-state index in [4.69, 9.17) is 19.4 Å². The third-order valence-corrected chi connectivity index (χ3v) is 13.0. The maximum absolute atomic E-state index is 6.16. The Balaban J connectivity index is 1.000. The summed E-state index contributed by atoms with van der Waals surface area (Å²) in [6, 6.07) is 75.6. The molecular formula is C58H35N3O. The van der Waals surface area contributed by atoms with Crippen molar-refractivity contribution < 1.29 is 4.42 Å². The van der Waals surface area contributed by atoms with Crippen LogP contribution in [-0.2, 0) is 5.41 Å². The van der Waals surface area contributed by atoms with E-state index in [-0.39, 0.29) is 0 Å². The van der Waals surface area contributed by atoms with Crippen molar-refractivity contribution >= 4 is 21.9 Å². The molecule has 4 nitrogen and oxygen atoms in total. The molecule has 0 radical (unpaired) electrons. The zero-order chi connectivity index (χ0) is 40.8. The van der Waals surface area contributed by atoms with Gasteiger partial charge in [0.15, 0.2) is 17.5 Å². The van der Waals surface area contributed by atoms with Crippen LogP contribution in [0.1, 0.15) is 22.3 Å². The first-order chi connectivity index (χ1) is 30.7. The quantitative estimate of drug-likeness (QED) is 0.174. The number of fused-ring (bicyclic) bond motifs is 13. The summed E-state index contributed by atoms with van der Waals surface area (Å²) in [5.74, 6) is 1.86. The average Bonchev–Trinajstić information content (AvgIpc) is 3.98. The standard InChI is InChI=1S/C58H35N3O/c1-2-16-36(17-3-1)55-59-56(39-19-14-18-37(34-39)38-32-33-53-47(35-38)43-23-9-13-31-52(43)62-53)61-57(60-55)45-24-5-4-20-40(45)44-26-15-30-51-54(44)46-25-8-12-29-50(46)58(51)48-27-10-6-21-41(48)42-22-7-11-28-49(42)58/h1-35H. The normalized spacial score (nSPS) is 13.0. The topological polar surface area (TPSA) is 51.8 Å². The highest BCUT2D eigenvalue weighted by Gasteiger charge is 2.52. The fourth-order valence-corrected chi connectivity index (χ4v) is 10.4. The van der Waals surface area contributed by atoms with Gasteiger partial charge >= 0.3 is 0 Å². The third-order valence-electron chi connectivity index (χ3n) is 13.0. The number of aromatic nitrogens is 3. The molecule has 0 unspecified atom stereocenters. The van der Waals surface area contributed by atoms with Crippen molar-refractivity contribution in [3.05, 3.63) is 235 Å². The Morgan fingerprint density at radius 2 is 0.790 bits per heavy atom. The van der Waals surface area contributed by atoms with Gasteiger partial charge < -0.3 is 4.42 Å². The van der Waals surface area contributed by atoms with Crippen molar-refractivity contribution in [2.24, 2.45) is 0 Å². The molecule has 2 aromatic heterocycles. The van der Waals surface area contributed by atoms with Crippen LogP contribution in [0.4, 0.5) is 0 Å². The van der Waals surface area contributed by atoms with E-state index >= 15 is 0 Å². The lowest BCUT2D eigenvalue weighted by molar-refractivity contribution is 0.669. The van der Waals surface area contributed by atoms with Gasteiger partial charge in [0, 0.05) is 27.5 Å². The van der Waals surface area contributed by atoms with Gasteiger partial charge in [0.25, 0.3) is 0 Å². The summed E-state index contributed by atoms with van der Waals surface area (Å²) in [5, 5.41) is 2.20. The number of furan rings is 1. The summed E-state index contributed by atoms with van der Waals surface area (Å²) in [7, 11) is 0. The molecule has 1 spiro atoms. The Labute approximate surface area is 358 Å². The van der Waals surface area contributed by atoms with Crippen LogP contribution in [0.25, 0.3) is 101 Å². The first-order valence-electron chi connectivity index (χ1n) is 21.1. The van der Waals surface area contributed by atoms with Crippen LogP contribution >= 0.6 is 0 Å². The molecule has 0 N–H and O–H groups in total. The zero-order valence-corrected chi connectivity index (χ0v) is 33.5. The first-order valence-corrected chi connectivity index (χ1v) is 21.1. The Hall–Kier alpha value is -8.21. The van der Waals surface area contributed by atoms with E-state index in [2.05, 4.69) is 182 Å². The van der Waals surface area contributed by atoms with Crippen LogP contribution in [-0.4, -0.2) is 15.0 Å². The largest absolute Gasteiger partial charge is 0.456 e. The summed E-state index contributed by atoms with van der Waals surface area (Å²) in [4.78, 5) is 15.8. The monoisotopic (exact) mass is 789 g/mol. The van der Waals surface area contributed by atoms with Crippen molar-refractivity contribution in [1.82, 2.24) is 15.0 Å². The van der Waals surface area contributed by atoms with Crippen LogP contribution < -0.4 is 0 Å². The SMILES string of the molecule is c1ccc(-c2nc(-c3cccc(-c4ccc5oc6ccccc6c5c4)c3)nc(-c3ccccc3-c3cccc4c3-c3ccccc3C43c4ccccc4-c4ccccc43)n2)cc1. The zero-order valence-electron chi connectivity index (χ0n) is 33.5. The second-order valence-electron chi connectivity index (χ2n) is 16.2. The average molecular weight is 790 g/mol. The lowest BCUT2D eigenvalue weighted by Gasteiger charge is -2.30. The maximum atomic E-state index is 6.16. The van der Waals surface area contributed by atoms with Gasteiger partial charge in [-0.15, -0.1) is 0 Å². The molecular weight excluding hydrogens is 755 g/mol. The maximum Gasteiger partial charge on any atom is 0.164 e. The fourth-order valence-electron chi connectivity index (χ4n) is 10.4. The minimum atomic E-state index is -0.439. The Morgan fingerprint density at radius 1 is 0.290 bits per heavy atom. The summed E-state index contributed by atoms with van der Waals surface area (Å²) in [6.45, 7) is 0. The van der Waals surface area contributed by atoms with Gasteiger partial charge in [-0.3, -0.25) is 0 Å². The second-order valence-corrected chi connectivity index (χ2v) is 16.2. The molecule has 4 heteroatoms. The van der Waals surface area contributed by atoms with Crippen molar-refractivity contribution in [2.45, 2.75) is 5.41 Å². The molecule has 0 aliphatic heterocycles. The van der Waals surface area contributed by atoms with Crippen LogP contribution in [0.15, 0.2) is 217 Å². The lowest BCUT2D eigenvalue weighted by atomic mass is 9.70. The van der Waals surface area contributed by atoms with E-state index in [1.54, 1.807) is 0 Å². The van der Waals surface area contributed by atoms with Crippen molar-refractivity contribution in [2.75, 3.05) is 0 Å². The molecule has 62 heavy (non-hydrogen) atoms. The number of hydrogen-bond acceptors (Lipinski definition) is 4. The van der Waals surface area contributed by atoms with E-state index in [9.17, 15) is 0 Å². The molecule has 0 amide bonds. The van der Waals surface area contributed by atoms with E-state index in [0.717, 1.165) is 60.9 Å². The van der Waals surface area contributed by atoms with Gasteiger partial charge in [-0.2, -0.15) is 0 Å². The van der Waals surface area contributed by atoms with Crippen molar-refractivity contribution in [1.29, 1.82) is 0 Å². The molecule has 2 aliphatic rings. The summed E-state index contributed by atoms with van der Waals surface area (Å²) in [6.07, 6.45) is 0. The van der Waals surface area contributed by atoms with Crippen LogP contribution in [0.5, 0.6) is 0 Å². The molecule has 0 bridgehead atoms. The molecule has 288 valence electrons. The van der Waals surface area contributed by atoms with E-state index in [0.29, 0.717) is 17.5 Å². The van der Waals surface area contributed by atoms with Crippen molar-refractivity contribution in [3.8, 4) is 78.7 Å². The van der Waals surface area contributed by atoms with Gasteiger partial charge in [-0.25, -0.2) is 15.0 Å². The van der Waals surface area contributed by atoms with Gasteiger partial charge in [0.05, 0.1) is 5.41 Å². The van der Waals surface area contributed by atoms with E-state index in [1.807, 2.05) is 30.3 Å². The smallest absolute Gasteiger partial charge is 0.164 e. The molecule has 2 aliphatic carbocycles. The van der Waals surface area contributed by atoms with Gasteiger partial charge in [-0.05, 0) is 91.0 Å². The number of para-hydroxylation sites is 1. The molecule has 13 rings (SSSR count).